The number of pyridine rings is 1. The molecule has 1 N–H and O–H groups in total. The lowest BCUT2D eigenvalue weighted by molar-refractivity contribution is -0.115. The highest BCUT2D eigenvalue weighted by Gasteiger charge is 2.10. The summed E-state index contributed by atoms with van der Waals surface area (Å²) in [6.45, 7) is 0.747. The van der Waals surface area contributed by atoms with Crippen molar-refractivity contribution in [2.75, 3.05) is 5.32 Å². The number of anilines is 1. The van der Waals surface area contributed by atoms with Crippen molar-refractivity contribution < 1.29 is 4.79 Å². The molecule has 0 aromatic carbocycles. The van der Waals surface area contributed by atoms with E-state index in [9.17, 15) is 4.79 Å². The van der Waals surface area contributed by atoms with E-state index in [2.05, 4.69) is 20.4 Å². The number of thiazole rings is 1. The van der Waals surface area contributed by atoms with Crippen molar-refractivity contribution in [2.45, 2.75) is 19.4 Å². The Kier molecular flexibility index (Phi) is 4.26. The van der Waals surface area contributed by atoms with Gasteiger partial charge in [0.25, 0.3) is 0 Å². The van der Waals surface area contributed by atoms with E-state index in [1.165, 1.54) is 5.56 Å². The molecule has 126 valence electrons. The van der Waals surface area contributed by atoms with Crippen LogP contribution < -0.4 is 5.32 Å². The zero-order chi connectivity index (χ0) is 17.1. The fourth-order valence-corrected chi connectivity index (χ4v) is 3.28. The van der Waals surface area contributed by atoms with E-state index < -0.39 is 0 Å². The molecule has 0 aliphatic heterocycles. The second kappa shape index (κ2) is 6.86. The van der Waals surface area contributed by atoms with Crippen LogP contribution in [0.25, 0.3) is 4.96 Å². The van der Waals surface area contributed by atoms with Gasteiger partial charge in [0.2, 0.25) is 5.91 Å². The minimum Gasteiger partial charge on any atom is -0.309 e. The van der Waals surface area contributed by atoms with Gasteiger partial charge in [-0.2, -0.15) is 5.10 Å². The van der Waals surface area contributed by atoms with Crippen molar-refractivity contribution in [2.24, 2.45) is 0 Å². The molecule has 0 radical (unpaired) electrons. The number of nitrogens with zero attached hydrogens (tertiary/aromatic N) is 5. The number of aromatic nitrogens is 5. The maximum Gasteiger partial charge on any atom is 0.231 e. The fourth-order valence-electron chi connectivity index (χ4n) is 2.56. The second-order valence-corrected chi connectivity index (χ2v) is 6.49. The maximum atomic E-state index is 12.2. The lowest BCUT2D eigenvalue weighted by Crippen LogP contribution is -2.15. The summed E-state index contributed by atoms with van der Waals surface area (Å²) in [5.41, 5.74) is 1.96. The molecular weight excluding hydrogens is 336 g/mol. The Morgan fingerprint density at radius 3 is 2.92 bits per heavy atom. The molecule has 0 bridgehead atoms. The summed E-state index contributed by atoms with van der Waals surface area (Å²) in [7, 11) is 0. The molecule has 0 saturated carbocycles. The first-order chi connectivity index (χ1) is 12.3. The van der Waals surface area contributed by atoms with Crippen LogP contribution >= 0.6 is 11.3 Å². The molecule has 0 unspecified atom stereocenters. The number of amides is 1. The van der Waals surface area contributed by atoms with Gasteiger partial charge in [0.1, 0.15) is 0 Å². The number of nitrogens with one attached hydrogen (secondary N) is 1. The Morgan fingerprint density at radius 2 is 2.08 bits per heavy atom. The standard InChI is InChI=1S/C17H16N6OS/c24-16(11-14-12-22-9-10-25-17(22)19-14)20-15-4-8-23(21-15)7-3-13-1-5-18-6-2-13/h1-2,4-6,8-10,12H,3,7,11H2,(H,20,21,24). The molecule has 0 atom stereocenters. The van der Waals surface area contributed by atoms with Crippen molar-refractivity contribution in [3.05, 3.63) is 65.8 Å². The van der Waals surface area contributed by atoms with Gasteiger partial charge in [-0.05, 0) is 24.1 Å². The molecule has 0 fully saturated rings. The number of rotatable bonds is 6. The minimum atomic E-state index is -0.120. The molecule has 0 aliphatic rings. The Labute approximate surface area is 148 Å². The lowest BCUT2D eigenvalue weighted by atomic mass is 10.2. The van der Waals surface area contributed by atoms with Crippen LogP contribution in [0.2, 0.25) is 0 Å². The molecule has 0 saturated heterocycles. The summed E-state index contributed by atoms with van der Waals surface area (Å²) >= 11 is 1.55. The van der Waals surface area contributed by atoms with E-state index in [1.807, 2.05) is 45.2 Å². The quantitative estimate of drug-likeness (QED) is 0.578. The molecule has 7 nitrogen and oxygen atoms in total. The van der Waals surface area contributed by atoms with Crippen molar-refractivity contribution in [1.82, 2.24) is 24.1 Å². The van der Waals surface area contributed by atoms with E-state index >= 15 is 0 Å². The van der Waals surface area contributed by atoms with Crippen LogP contribution in [0.5, 0.6) is 0 Å². The lowest BCUT2D eigenvalue weighted by Gasteiger charge is -2.02. The number of carbonyl (C=O) groups excluding carboxylic acids is 1. The van der Waals surface area contributed by atoms with Gasteiger partial charge in [-0.25, -0.2) is 4.98 Å². The normalized spacial score (nSPS) is 11.0. The van der Waals surface area contributed by atoms with Gasteiger partial charge in [-0.1, -0.05) is 0 Å². The highest BCUT2D eigenvalue weighted by Crippen LogP contribution is 2.12. The Balaban J connectivity index is 1.32. The van der Waals surface area contributed by atoms with Crippen molar-refractivity contribution in [3.8, 4) is 0 Å². The summed E-state index contributed by atoms with van der Waals surface area (Å²) in [5, 5.41) is 9.17. The van der Waals surface area contributed by atoms with Gasteiger partial charge in [0.05, 0.1) is 12.1 Å². The number of hydrogen-bond donors (Lipinski definition) is 1. The summed E-state index contributed by atoms with van der Waals surface area (Å²) in [6, 6.07) is 5.78. The first-order valence-corrected chi connectivity index (χ1v) is 8.77. The third-order valence-corrected chi connectivity index (χ3v) is 4.54. The number of aryl methyl sites for hydroxylation is 2. The van der Waals surface area contributed by atoms with E-state index in [4.69, 9.17) is 0 Å². The van der Waals surface area contributed by atoms with Gasteiger partial charge in [-0.15, -0.1) is 11.3 Å². The van der Waals surface area contributed by atoms with Gasteiger partial charge < -0.3 is 5.32 Å². The van der Waals surface area contributed by atoms with Gasteiger partial charge in [0, 0.05) is 49.0 Å². The van der Waals surface area contributed by atoms with Crippen LogP contribution in [-0.2, 0) is 24.2 Å². The molecule has 4 heterocycles. The molecule has 0 aliphatic carbocycles. The summed E-state index contributed by atoms with van der Waals surface area (Å²) < 4.78 is 3.74. The first-order valence-electron chi connectivity index (χ1n) is 7.89. The predicted molar refractivity (Wildman–Crippen MR) is 95.6 cm³/mol. The van der Waals surface area contributed by atoms with Gasteiger partial charge in [0.15, 0.2) is 10.8 Å². The van der Waals surface area contributed by atoms with E-state index in [1.54, 1.807) is 29.8 Å². The van der Waals surface area contributed by atoms with E-state index in [0.29, 0.717) is 5.82 Å². The monoisotopic (exact) mass is 352 g/mol. The van der Waals surface area contributed by atoms with Crippen molar-refractivity contribution in [3.63, 3.8) is 0 Å². The molecule has 0 spiro atoms. The average molecular weight is 352 g/mol. The molecule has 1 amide bonds. The smallest absolute Gasteiger partial charge is 0.231 e. The zero-order valence-electron chi connectivity index (χ0n) is 13.4. The van der Waals surface area contributed by atoms with Crippen molar-refractivity contribution >= 4 is 28.0 Å². The third-order valence-electron chi connectivity index (χ3n) is 3.77. The molecule has 4 aromatic rings. The van der Waals surface area contributed by atoms with Crippen LogP contribution in [0.1, 0.15) is 11.3 Å². The zero-order valence-corrected chi connectivity index (χ0v) is 14.2. The third kappa shape index (κ3) is 3.74. The molecule has 8 heteroatoms. The maximum absolute atomic E-state index is 12.2. The van der Waals surface area contributed by atoms with Crippen LogP contribution in [0.3, 0.4) is 0 Å². The van der Waals surface area contributed by atoms with Crippen LogP contribution in [0.4, 0.5) is 5.82 Å². The number of imidazole rings is 1. The van der Waals surface area contributed by atoms with Gasteiger partial charge in [-0.3, -0.25) is 18.9 Å². The Bertz CT molecular complexity index is 958. The molecule has 4 aromatic heterocycles. The molecular formula is C17H16N6OS. The SMILES string of the molecule is O=C(Cc1cn2ccsc2n1)Nc1ccn(CCc2ccncc2)n1. The average Bonchev–Trinajstić information content (AvgIpc) is 3.30. The largest absolute Gasteiger partial charge is 0.309 e. The highest BCUT2D eigenvalue weighted by molar-refractivity contribution is 7.15. The Hall–Kier alpha value is -3.00. The summed E-state index contributed by atoms with van der Waals surface area (Å²) in [5.74, 6) is 0.436. The predicted octanol–water partition coefficient (Wildman–Crippen LogP) is 2.41. The van der Waals surface area contributed by atoms with E-state index in [-0.39, 0.29) is 12.3 Å². The van der Waals surface area contributed by atoms with Crippen molar-refractivity contribution in [1.29, 1.82) is 0 Å². The topological polar surface area (TPSA) is 77.1 Å². The van der Waals surface area contributed by atoms with E-state index in [0.717, 1.165) is 23.6 Å². The molecule has 4 rings (SSSR count). The Morgan fingerprint density at radius 1 is 1.20 bits per heavy atom. The van der Waals surface area contributed by atoms with Crippen LogP contribution in [0, 0.1) is 0 Å². The highest BCUT2D eigenvalue weighted by atomic mass is 32.1. The first kappa shape index (κ1) is 15.5. The molecule has 25 heavy (non-hydrogen) atoms. The van der Waals surface area contributed by atoms with Gasteiger partial charge >= 0.3 is 0 Å². The van der Waals surface area contributed by atoms with Crippen LogP contribution in [-0.4, -0.2) is 30.1 Å². The summed E-state index contributed by atoms with van der Waals surface area (Å²) in [4.78, 5) is 21.5. The number of fused-ring (bicyclic) bond motifs is 1. The van der Waals surface area contributed by atoms with Crippen LogP contribution in [0.15, 0.2) is 54.6 Å². The summed E-state index contributed by atoms with van der Waals surface area (Å²) in [6.07, 6.45) is 10.3. The second-order valence-electron chi connectivity index (χ2n) is 5.62. The number of carbonyl (C=O) groups is 1. The minimum absolute atomic E-state index is 0.120. The number of hydrogen-bond acceptors (Lipinski definition) is 5. The fraction of sp³-hybridized carbons (Fsp3) is 0.176.